The van der Waals surface area contributed by atoms with Crippen molar-refractivity contribution in [1.29, 1.82) is 0 Å². The fourth-order valence-corrected chi connectivity index (χ4v) is 2.26. The topological polar surface area (TPSA) is 64.6 Å². The van der Waals surface area contributed by atoms with Crippen LogP contribution in [0.1, 0.15) is 20.8 Å². The molecular formula is C12H13F5NO4P. The third-order valence-corrected chi connectivity index (χ3v) is 3.46. The fraction of sp³-hybridized carbons (Fsp3) is 0.417. The minimum atomic E-state index is -3.55. The van der Waals surface area contributed by atoms with Gasteiger partial charge in [0.15, 0.2) is 0 Å². The monoisotopic (exact) mass is 361 g/mol. The second-order valence-electron chi connectivity index (χ2n) is 4.64. The predicted octanol–water partition coefficient (Wildman–Crippen LogP) is 3.08. The highest BCUT2D eigenvalue weighted by atomic mass is 31.1. The summed E-state index contributed by atoms with van der Waals surface area (Å²) in [5.41, 5.74) is 0. The third kappa shape index (κ3) is 4.65. The average molecular weight is 361 g/mol. The maximum Gasteiger partial charge on any atom is 0.323 e. The number of hydrogen-bond donors (Lipinski definition) is 1. The molecule has 0 bridgehead atoms. The van der Waals surface area contributed by atoms with Gasteiger partial charge in [0.05, 0.1) is 6.10 Å². The molecule has 1 unspecified atom stereocenters. The number of hydrogen-bond acceptors (Lipinski definition) is 4. The lowest BCUT2D eigenvalue weighted by molar-refractivity contribution is -0.148. The van der Waals surface area contributed by atoms with Crippen LogP contribution in [0, 0.1) is 29.1 Å². The maximum absolute atomic E-state index is 13.3. The van der Waals surface area contributed by atoms with Crippen molar-refractivity contribution in [3.8, 4) is 5.75 Å². The Balaban J connectivity index is 2.89. The molecule has 0 aliphatic heterocycles. The number of ether oxygens (including phenoxy) is 1. The zero-order chi connectivity index (χ0) is 17.9. The third-order valence-electron chi connectivity index (χ3n) is 2.40. The van der Waals surface area contributed by atoms with E-state index in [0.717, 1.165) is 0 Å². The van der Waals surface area contributed by atoms with Gasteiger partial charge in [0, 0.05) is 0 Å². The molecule has 2 atom stereocenters. The molecule has 0 spiro atoms. The first kappa shape index (κ1) is 19.4. The number of carbonyl (C=O) groups excluding carboxylic acids is 1. The van der Waals surface area contributed by atoms with E-state index < -0.39 is 61.1 Å². The van der Waals surface area contributed by atoms with Gasteiger partial charge in [-0.15, -0.1) is 0 Å². The molecule has 11 heteroatoms. The Hall–Kier alpha value is -1.67. The summed E-state index contributed by atoms with van der Waals surface area (Å²) >= 11 is 0. The normalized spacial score (nSPS) is 13.8. The van der Waals surface area contributed by atoms with Gasteiger partial charge in [-0.3, -0.25) is 9.36 Å². The molecule has 1 N–H and O–H groups in total. The molecule has 0 aliphatic rings. The van der Waals surface area contributed by atoms with Gasteiger partial charge >= 0.3 is 14.1 Å². The SMILES string of the molecule is CC(C)OC(=O)[C@H](C)N[PH](=O)Oc1c(F)c(F)c(F)c(F)c1F. The molecule has 5 nitrogen and oxygen atoms in total. The lowest BCUT2D eigenvalue weighted by Gasteiger charge is -2.16. The molecule has 0 saturated carbocycles. The van der Waals surface area contributed by atoms with E-state index in [1.54, 1.807) is 13.8 Å². The van der Waals surface area contributed by atoms with Crippen molar-refractivity contribution in [2.45, 2.75) is 32.9 Å². The lowest BCUT2D eigenvalue weighted by Crippen LogP contribution is -2.33. The van der Waals surface area contributed by atoms with Crippen molar-refractivity contribution >= 4 is 14.1 Å². The highest BCUT2D eigenvalue weighted by molar-refractivity contribution is 7.37. The van der Waals surface area contributed by atoms with E-state index in [1.807, 2.05) is 5.09 Å². The smallest absolute Gasteiger partial charge is 0.323 e. The van der Waals surface area contributed by atoms with E-state index in [4.69, 9.17) is 4.74 Å². The largest absolute Gasteiger partial charge is 0.462 e. The summed E-state index contributed by atoms with van der Waals surface area (Å²) < 4.78 is 86.1. The van der Waals surface area contributed by atoms with Gasteiger partial charge < -0.3 is 9.26 Å². The summed E-state index contributed by atoms with van der Waals surface area (Å²) in [6.07, 6.45) is -0.467. The van der Waals surface area contributed by atoms with Gasteiger partial charge in [-0.2, -0.15) is 8.78 Å². The Bertz CT molecular complexity index is 611. The van der Waals surface area contributed by atoms with Gasteiger partial charge in [-0.1, -0.05) is 0 Å². The molecule has 0 radical (unpaired) electrons. The van der Waals surface area contributed by atoms with Gasteiger partial charge in [0.1, 0.15) is 6.04 Å². The second-order valence-corrected chi connectivity index (χ2v) is 5.71. The Kier molecular flexibility index (Phi) is 6.52. The van der Waals surface area contributed by atoms with E-state index in [1.165, 1.54) is 6.92 Å². The minimum absolute atomic E-state index is 0.467. The summed E-state index contributed by atoms with van der Waals surface area (Å²) in [7, 11) is -3.55. The molecule has 0 fully saturated rings. The van der Waals surface area contributed by atoms with Gasteiger partial charge in [0.25, 0.3) is 0 Å². The Morgan fingerprint density at radius 3 is 1.83 bits per heavy atom. The van der Waals surface area contributed by atoms with E-state index in [0.29, 0.717) is 0 Å². The van der Waals surface area contributed by atoms with Crippen molar-refractivity contribution in [3.05, 3.63) is 29.1 Å². The molecule has 1 aromatic rings. The summed E-state index contributed by atoms with van der Waals surface area (Å²) in [6.45, 7) is 4.33. The van der Waals surface area contributed by atoms with Crippen LogP contribution in [-0.2, 0) is 14.1 Å². The Labute approximate surface area is 128 Å². The molecule has 0 aliphatic carbocycles. The molecular weight excluding hydrogens is 348 g/mol. The van der Waals surface area contributed by atoms with Crippen molar-refractivity contribution in [1.82, 2.24) is 5.09 Å². The molecule has 1 rings (SSSR count). The van der Waals surface area contributed by atoms with Crippen LogP contribution < -0.4 is 9.61 Å². The average Bonchev–Trinajstić information content (AvgIpc) is 2.46. The van der Waals surface area contributed by atoms with Crippen LogP contribution in [0.3, 0.4) is 0 Å². The van der Waals surface area contributed by atoms with Gasteiger partial charge in [0.2, 0.25) is 34.8 Å². The fourth-order valence-electron chi connectivity index (χ4n) is 1.37. The predicted molar refractivity (Wildman–Crippen MR) is 69.7 cm³/mol. The first-order chi connectivity index (χ1) is 10.6. The zero-order valence-corrected chi connectivity index (χ0v) is 13.2. The molecule has 130 valence electrons. The van der Waals surface area contributed by atoms with Gasteiger partial charge in [-0.25, -0.2) is 18.3 Å². The number of nitrogens with one attached hydrogen (secondary N) is 1. The number of rotatable bonds is 6. The van der Waals surface area contributed by atoms with Crippen LogP contribution in [0.15, 0.2) is 0 Å². The minimum Gasteiger partial charge on any atom is -0.462 e. The van der Waals surface area contributed by atoms with Crippen molar-refractivity contribution in [3.63, 3.8) is 0 Å². The second kappa shape index (κ2) is 7.74. The first-order valence-corrected chi connectivity index (χ1v) is 7.58. The van der Waals surface area contributed by atoms with E-state index in [-0.39, 0.29) is 0 Å². The van der Waals surface area contributed by atoms with Crippen LogP contribution >= 0.6 is 8.18 Å². The summed E-state index contributed by atoms with van der Waals surface area (Å²) in [4.78, 5) is 11.4. The highest BCUT2D eigenvalue weighted by Crippen LogP contribution is 2.34. The highest BCUT2D eigenvalue weighted by Gasteiger charge is 2.28. The van der Waals surface area contributed by atoms with Crippen molar-refractivity contribution in [2.75, 3.05) is 0 Å². The van der Waals surface area contributed by atoms with Crippen LogP contribution in [0.25, 0.3) is 0 Å². The van der Waals surface area contributed by atoms with Crippen LogP contribution in [0.2, 0.25) is 0 Å². The molecule has 0 heterocycles. The lowest BCUT2D eigenvalue weighted by atomic mass is 10.3. The Morgan fingerprint density at radius 1 is 0.957 bits per heavy atom. The molecule has 0 amide bonds. The molecule has 1 aromatic carbocycles. The Morgan fingerprint density at radius 2 is 1.39 bits per heavy atom. The molecule has 0 aromatic heterocycles. The summed E-state index contributed by atoms with van der Waals surface area (Å²) in [5.74, 6) is -13.9. The standard InChI is InChI=1S/C12H13F5NO4P/c1-4(2)21-12(19)5(3)18-23(20)22-11-9(16)7(14)6(13)8(15)10(11)17/h4-5,23H,1-3H3,(H,18,20)/t5-/m0/s1. The summed E-state index contributed by atoms with van der Waals surface area (Å²) in [6, 6.07) is -1.19. The zero-order valence-electron chi connectivity index (χ0n) is 12.2. The number of carbonyl (C=O) groups is 1. The number of halogens is 5. The van der Waals surface area contributed by atoms with E-state index in [9.17, 15) is 31.3 Å². The molecule has 23 heavy (non-hydrogen) atoms. The van der Waals surface area contributed by atoms with E-state index in [2.05, 4.69) is 4.52 Å². The van der Waals surface area contributed by atoms with Crippen molar-refractivity contribution in [2.24, 2.45) is 0 Å². The first-order valence-electron chi connectivity index (χ1n) is 6.26. The van der Waals surface area contributed by atoms with Crippen LogP contribution in [-0.4, -0.2) is 18.1 Å². The molecule has 0 saturated heterocycles. The summed E-state index contributed by atoms with van der Waals surface area (Å²) in [5, 5.41) is 2.02. The maximum atomic E-state index is 13.3. The van der Waals surface area contributed by atoms with Crippen LogP contribution in [0.5, 0.6) is 5.75 Å². The van der Waals surface area contributed by atoms with E-state index >= 15 is 0 Å². The van der Waals surface area contributed by atoms with Gasteiger partial charge in [-0.05, 0) is 20.8 Å². The number of benzene rings is 1. The number of esters is 1. The van der Waals surface area contributed by atoms with Crippen LogP contribution in [0.4, 0.5) is 22.0 Å². The van der Waals surface area contributed by atoms with Crippen molar-refractivity contribution < 1.29 is 40.6 Å². The quantitative estimate of drug-likeness (QED) is 0.277.